The van der Waals surface area contributed by atoms with Gasteiger partial charge in [0.1, 0.15) is 17.5 Å². The fourth-order valence-electron chi connectivity index (χ4n) is 4.67. The van der Waals surface area contributed by atoms with E-state index < -0.39 is 83.2 Å². The van der Waals surface area contributed by atoms with Crippen molar-refractivity contribution in [1.82, 2.24) is 15.1 Å². The first kappa shape index (κ1) is 35.2. The molecule has 0 saturated carbocycles. The molecule has 1 spiro atoms. The highest BCUT2D eigenvalue weighted by Crippen LogP contribution is 2.33. The molecule has 0 aromatic rings. The standard InChI is InChI=1S/C13H21NO7S.C12H20N2O5S/c1-12(2,3)21-11(17)14-6-8-22(18,19)13(9-14,5-7-15)10(16)20-4;1-11(2,3)19-10(16)14-6-7-20(17,18)12(8-14)4-5-13-9(12)15/h7H,5-6,8-9H2,1-4H3;4-8H2,1-3H3,(H,13,15). The van der Waals surface area contributed by atoms with Crippen molar-refractivity contribution in [2.45, 2.75) is 75.1 Å². The molecular formula is C25H41N3O12S2. The molecule has 3 fully saturated rings. The van der Waals surface area contributed by atoms with Gasteiger partial charge in [0, 0.05) is 26.1 Å². The lowest BCUT2D eigenvalue weighted by molar-refractivity contribution is -0.145. The molecule has 17 heteroatoms. The topological polar surface area (TPSA) is 200 Å². The van der Waals surface area contributed by atoms with Gasteiger partial charge in [-0.2, -0.15) is 0 Å². The largest absolute Gasteiger partial charge is 0.468 e. The minimum absolute atomic E-state index is 0.0618. The minimum Gasteiger partial charge on any atom is -0.468 e. The van der Waals surface area contributed by atoms with Crippen molar-refractivity contribution in [3.8, 4) is 0 Å². The molecule has 0 aromatic carbocycles. The normalized spacial score (nSPS) is 26.8. The molecule has 0 radical (unpaired) electrons. The Morgan fingerprint density at radius 1 is 0.881 bits per heavy atom. The van der Waals surface area contributed by atoms with Crippen molar-refractivity contribution in [3.05, 3.63) is 0 Å². The van der Waals surface area contributed by atoms with Gasteiger partial charge in [0.15, 0.2) is 29.2 Å². The number of esters is 1. The number of nitrogens with one attached hydrogen (secondary N) is 1. The molecular weight excluding hydrogens is 598 g/mol. The monoisotopic (exact) mass is 639 g/mol. The first-order valence-electron chi connectivity index (χ1n) is 13.3. The Morgan fingerprint density at radius 2 is 1.36 bits per heavy atom. The van der Waals surface area contributed by atoms with Gasteiger partial charge in [-0.3, -0.25) is 9.59 Å². The van der Waals surface area contributed by atoms with Crippen LogP contribution < -0.4 is 5.32 Å². The summed E-state index contributed by atoms with van der Waals surface area (Å²) in [6.07, 6.45) is -1.34. The molecule has 0 aliphatic carbocycles. The first-order valence-corrected chi connectivity index (χ1v) is 16.6. The van der Waals surface area contributed by atoms with Crippen LogP contribution in [0.1, 0.15) is 54.4 Å². The Morgan fingerprint density at radius 3 is 1.76 bits per heavy atom. The predicted octanol–water partition coefficient (Wildman–Crippen LogP) is 0.0633. The van der Waals surface area contributed by atoms with Crippen LogP contribution in [0.2, 0.25) is 0 Å². The highest BCUT2D eigenvalue weighted by molar-refractivity contribution is 7.94. The number of carbonyl (C=O) groups excluding carboxylic acids is 5. The minimum atomic E-state index is -3.92. The van der Waals surface area contributed by atoms with E-state index in [-0.39, 0.29) is 31.8 Å². The second kappa shape index (κ2) is 12.3. The summed E-state index contributed by atoms with van der Waals surface area (Å²) in [5.74, 6) is -2.20. The maximum absolute atomic E-state index is 12.3. The van der Waals surface area contributed by atoms with Gasteiger partial charge >= 0.3 is 18.2 Å². The average Bonchev–Trinajstić information content (AvgIpc) is 3.21. The van der Waals surface area contributed by atoms with E-state index in [1.54, 1.807) is 41.5 Å². The van der Waals surface area contributed by atoms with Crippen molar-refractivity contribution in [3.63, 3.8) is 0 Å². The van der Waals surface area contributed by atoms with E-state index in [9.17, 15) is 40.8 Å². The summed E-state index contributed by atoms with van der Waals surface area (Å²) >= 11 is 0. The van der Waals surface area contributed by atoms with Crippen molar-refractivity contribution in [1.29, 1.82) is 0 Å². The third-order valence-electron chi connectivity index (χ3n) is 6.85. The summed E-state index contributed by atoms with van der Waals surface area (Å²) in [6, 6.07) is 0. The summed E-state index contributed by atoms with van der Waals surface area (Å²) < 4.78 is 60.5. The Labute approximate surface area is 246 Å². The predicted molar refractivity (Wildman–Crippen MR) is 149 cm³/mol. The van der Waals surface area contributed by atoms with Crippen molar-refractivity contribution in [2.75, 3.05) is 51.3 Å². The van der Waals surface area contributed by atoms with Gasteiger partial charge in [0.2, 0.25) is 5.91 Å². The molecule has 3 rings (SSSR count). The number of methoxy groups -OCH3 is 1. The van der Waals surface area contributed by atoms with Gasteiger partial charge in [-0.25, -0.2) is 26.4 Å². The molecule has 3 amide bonds. The van der Waals surface area contributed by atoms with Crippen LogP contribution in [-0.2, 0) is 48.3 Å². The van der Waals surface area contributed by atoms with Gasteiger partial charge < -0.3 is 34.1 Å². The number of nitrogens with zero attached hydrogens (tertiary/aromatic N) is 2. The summed E-state index contributed by atoms with van der Waals surface area (Å²) in [5.41, 5.74) is -1.41. The number of hydrogen-bond donors (Lipinski definition) is 1. The molecule has 3 saturated heterocycles. The van der Waals surface area contributed by atoms with E-state index in [1.165, 1.54) is 4.90 Å². The molecule has 2 unspecified atom stereocenters. The van der Waals surface area contributed by atoms with E-state index in [0.717, 1.165) is 12.0 Å². The molecule has 0 aromatic heterocycles. The summed E-state index contributed by atoms with van der Waals surface area (Å²) in [4.78, 5) is 61.4. The van der Waals surface area contributed by atoms with Crippen LogP contribution >= 0.6 is 0 Å². The molecule has 240 valence electrons. The molecule has 3 aliphatic heterocycles. The zero-order chi connectivity index (χ0) is 32.4. The number of carbonyl (C=O) groups is 5. The van der Waals surface area contributed by atoms with Gasteiger partial charge in [-0.15, -0.1) is 0 Å². The van der Waals surface area contributed by atoms with E-state index in [2.05, 4.69) is 10.1 Å². The van der Waals surface area contributed by atoms with E-state index in [0.29, 0.717) is 12.8 Å². The fourth-order valence-corrected chi connectivity index (χ4v) is 8.51. The molecule has 2 atom stereocenters. The second-order valence-corrected chi connectivity index (χ2v) is 17.1. The summed E-state index contributed by atoms with van der Waals surface area (Å²) in [6.45, 7) is 9.92. The van der Waals surface area contributed by atoms with Crippen LogP contribution in [0.3, 0.4) is 0 Å². The van der Waals surface area contributed by atoms with Gasteiger partial charge in [-0.05, 0) is 48.0 Å². The van der Waals surface area contributed by atoms with Gasteiger partial charge in [0.05, 0.1) is 31.7 Å². The summed E-state index contributed by atoms with van der Waals surface area (Å²) in [7, 11) is -6.43. The Kier molecular flexibility index (Phi) is 10.4. The maximum atomic E-state index is 12.3. The lowest BCUT2D eigenvalue weighted by atomic mass is 10.0. The zero-order valence-electron chi connectivity index (χ0n) is 25.1. The highest BCUT2D eigenvalue weighted by Gasteiger charge is 2.58. The van der Waals surface area contributed by atoms with Crippen LogP contribution in [0, 0.1) is 0 Å². The molecule has 3 aliphatic rings. The van der Waals surface area contributed by atoms with Crippen LogP contribution in [-0.4, -0.2) is 129 Å². The first-order chi connectivity index (χ1) is 19.1. The van der Waals surface area contributed by atoms with Crippen molar-refractivity contribution in [2.24, 2.45) is 0 Å². The third-order valence-corrected chi connectivity index (χ3v) is 11.6. The zero-order valence-corrected chi connectivity index (χ0v) is 26.7. The number of rotatable bonds is 3. The van der Waals surface area contributed by atoms with Crippen LogP contribution in [0.25, 0.3) is 0 Å². The average molecular weight is 640 g/mol. The van der Waals surface area contributed by atoms with Crippen molar-refractivity contribution >= 4 is 50.0 Å². The highest BCUT2D eigenvalue weighted by atomic mass is 32.2. The molecule has 15 nitrogen and oxygen atoms in total. The van der Waals surface area contributed by atoms with E-state index >= 15 is 0 Å². The van der Waals surface area contributed by atoms with Gasteiger partial charge in [-0.1, -0.05) is 0 Å². The number of ether oxygens (including phenoxy) is 3. The van der Waals surface area contributed by atoms with E-state index in [4.69, 9.17) is 9.47 Å². The molecule has 0 bridgehead atoms. The lowest BCUT2D eigenvalue weighted by Crippen LogP contribution is -2.62. The third kappa shape index (κ3) is 7.51. The molecule has 3 heterocycles. The SMILES string of the molecule is CC(C)(C)OC(=O)N1CCS(=O)(=O)C2(CCNC2=O)C1.COC(=O)C1(CC=O)CN(C(=O)OC(C)(C)C)CCS1(=O)=O. The van der Waals surface area contributed by atoms with Crippen LogP contribution in [0.4, 0.5) is 9.59 Å². The maximum Gasteiger partial charge on any atom is 0.410 e. The number of hydrogen-bond acceptors (Lipinski definition) is 12. The van der Waals surface area contributed by atoms with Gasteiger partial charge in [0.25, 0.3) is 0 Å². The molecule has 1 N–H and O–H groups in total. The summed E-state index contributed by atoms with van der Waals surface area (Å²) in [5, 5.41) is 2.55. The van der Waals surface area contributed by atoms with E-state index in [1.807, 2.05) is 0 Å². The number of sulfone groups is 2. The lowest BCUT2D eigenvalue weighted by Gasteiger charge is -2.39. The molecule has 42 heavy (non-hydrogen) atoms. The van der Waals surface area contributed by atoms with Crippen LogP contribution in [0.15, 0.2) is 0 Å². The Hall–Kier alpha value is -2.95. The fraction of sp³-hybridized carbons (Fsp3) is 0.800. The second-order valence-electron chi connectivity index (χ2n) is 12.3. The van der Waals surface area contributed by atoms with Crippen LogP contribution in [0.5, 0.6) is 0 Å². The Balaban J connectivity index is 0.000000294. The number of aldehydes is 1. The number of amides is 3. The van der Waals surface area contributed by atoms with Crippen molar-refractivity contribution < 1.29 is 55.0 Å². The quantitative estimate of drug-likeness (QED) is 0.248. The smallest absolute Gasteiger partial charge is 0.410 e. The Bertz CT molecular complexity index is 1300.